The highest BCUT2D eigenvalue weighted by Crippen LogP contribution is 2.54. The van der Waals surface area contributed by atoms with Gasteiger partial charge >= 0.3 is 13.6 Å². The Balaban J connectivity index is 1.64. The quantitative estimate of drug-likeness (QED) is 0.0984. The second-order valence-corrected chi connectivity index (χ2v) is 13.1. The number of nitrogens with one attached hydrogen (secondary N) is 2. The lowest BCUT2D eigenvalue weighted by Crippen LogP contribution is -2.80. The molecule has 0 aliphatic carbocycles. The molecule has 0 bridgehead atoms. The third kappa shape index (κ3) is 6.14. The van der Waals surface area contributed by atoms with Gasteiger partial charge in [-0.15, -0.1) is 16.9 Å². The molecule has 1 aromatic carbocycles. The van der Waals surface area contributed by atoms with Gasteiger partial charge in [0, 0.05) is 24.7 Å². The molecule has 40 heavy (non-hydrogen) atoms. The molecule has 0 spiro atoms. The van der Waals surface area contributed by atoms with Gasteiger partial charge in [0.25, 0.3) is 5.91 Å². The number of H-pyrrole nitrogens is 1. The summed E-state index contributed by atoms with van der Waals surface area (Å²) in [4.78, 5) is 27.4. The van der Waals surface area contributed by atoms with Gasteiger partial charge in [0.2, 0.25) is 10.9 Å². The summed E-state index contributed by atoms with van der Waals surface area (Å²) in [5.41, 5.74) is -0.784. The largest absolute Gasteiger partial charge is 0.477 e. The van der Waals surface area contributed by atoms with Crippen LogP contribution in [0.3, 0.4) is 0 Å². The number of β-lactam (4-membered cyclic amide) rings is 1. The Hall–Kier alpha value is -2.30. The topological polar surface area (TPSA) is 189 Å². The number of carbonyl (C=O) groups is 2. The van der Waals surface area contributed by atoms with Crippen molar-refractivity contribution in [1.82, 2.24) is 30.8 Å². The van der Waals surface area contributed by atoms with E-state index in [9.17, 15) is 24.4 Å². The lowest BCUT2D eigenvalue weighted by molar-refractivity contribution is -0.191. The van der Waals surface area contributed by atoms with Gasteiger partial charge in [-0.25, -0.2) is 9.89 Å². The first-order valence-electron chi connectivity index (χ1n) is 12.4. The van der Waals surface area contributed by atoms with Crippen LogP contribution >= 0.6 is 31.1 Å². The Morgan fingerprint density at radius 1 is 1.32 bits per heavy atom. The van der Waals surface area contributed by atoms with E-state index in [0.717, 1.165) is 16.7 Å². The minimum Gasteiger partial charge on any atom is -0.477 e. The lowest BCUT2D eigenvalue weighted by Gasteiger charge is -2.56. The lowest BCUT2D eigenvalue weighted by atomic mass is 9.97. The summed E-state index contributed by atoms with van der Waals surface area (Å²) in [7, 11) is -2.29. The number of nitrogens with zero attached hydrogens (tertiary/aromatic N) is 4. The zero-order chi connectivity index (χ0) is 28.9. The number of tetrazole rings is 1. The van der Waals surface area contributed by atoms with Gasteiger partial charge in [-0.1, -0.05) is 42.1 Å². The number of thioether (sulfide) groups is 2. The van der Waals surface area contributed by atoms with Crippen molar-refractivity contribution in [3.05, 3.63) is 47.2 Å². The predicted octanol–water partition coefficient (Wildman–Crippen LogP) is 1.85. The van der Waals surface area contributed by atoms with E-state index in [1.54, 1.807) is 38.1 Å². The Kier molecular flexibility index (Phi) is 10.1. The van der Waals surface area contributed by atoms with Crippen molar-refractivity contribution in [1.29, 1.82) is 0 Å². The fraction of sp³-hybridized carbons (Fsp3) is 0.522. The van der Waals surface area contributed by atoms with Gasteiger partial charge in [-0.2, -0.15) is 0 Å². The van der Waals surface area contributed by atoms with Crippen LogP contribution in [0.25, 0.3) is 0 Å². The molecular weight excluding hydrogens is 583 g/mol. The van der Waals surface area contributed by atoms with Crippen LogP contribution in [0.5, 0.6) is 0 Å². The molecule has 1 aromatic heterocycles. The molecule has 0 saturated carbocycles. The van der Waals surface area contributed by atoms with Crippen LogP contribution in [0, 0.1) is 0 Å². The number of fused-ring (bicyclic) bond motifs is 1. The minimum atomic E-state index is -3.64. The summed E-state index contributed by atoms with van der Waals surface area (Å²) in [6.45, 7) is 3.61. The molecule has 218 valence electrons. The summed E-state index contributed by atoms with van der Waals surface area (Å²) >= 11 is 2.36. The number of ether oxygens (including phenoxy) is 1. The number of carboxylic acids is 1. The van der Waals surface area contributed by atoms with Gasteiger partial charge < -0.3 is 24.0 Å². The zero-order valence-corrected chi connectivity index (χ0v) is 24.6. The molecule has 14 nitrogen and oxygen atoms in total. The van der Waals surface area contributed by atoms with E-state index in [4.69, 9.17) is 13.8 Å². The van der Waals surface area contributed by atoms with Gasteiger partial charge in [0.1, 0.15) is 11.1 Å². The van der Waals surface area contributed by atoms with Crippen molar-refractivity contribution >= 4 is 43.0 Å². The number of hydrogen-bond donors (Lipinski definition) is 4. The molecule has 2 aromatic rings. The summed E-state index contributed by atoms with van der Waals surface area (Å²) in [5, 5.41) is 36.3. The number of methoxy groups -OCH3 is 1. The number of carboxylic acid groups (broad SMARTS) is 1. The third-order valence-corrected chi connectivity index (χ3v) is 11.2. The van der Waals surface area contributed by atoms with Crippen molar-refractivity contribution in [3.63, 3.8) is 0 Å². The van der Waals surface area contributed by atoms with Crippen LogP contribution in [0.2, 0.25) is 0 Å². The van der Waals surface area contributed by atoms with Crippen LogP contribution in [-0.2, 0) is 27.9 Å². The average molecular weight is 615 g/mol. The fourth-order valence-electron chi connectivity index (χ4n) is 4.55. The highest BCUT2D eigenvalue weighted by Gasteiger charge is 2.66. The maximum Gasteiger partial charge on any atom is 0.352 e. The van der Waals surface area contributed by atoms with E-state index in [1.165, 1.54) is 18.9 Å². The summed E-state index contributed by atoms with van der Waals surface area (Å²) < 4.78 is 30.1. The zero-order valence-electron chi connectivity index (χ0n) is 22.1. The highest BCUT2D eigenvalue weighted by molar-refractivity contribution is 8.01. The van der Waals surface area contributed by atoms with Gasteiger partial charge in [-0.3, -0.25) is 19.6 Å². The fourth-order valence-corrected chi connectivity index (χ4v) is 9.53. The number of carbonyl (C=O) groups excluding carboxylic acids is 1. The number of aliphatic hydroxyl groups excluding tert-OH is 1. The number of amides is 1. The number of aliphatic carboxylic acids is 1. The van der Waals surface area contributed by atoms with E-state index >= 15 is 0 Å². The maximum atomic E-state index is 13.6. The number of aromatic amines is 1. The molecule has 4 atom stereocenters. The smallest absolute Gasteiger partial charge is 0.352 e. The molecule has 4 rings (SSSR count). The molecule has 2 unspecified atom stereocenters. The third-order valence-electron chi connectivity index (χ3n) is 6.34. The number of aromatic nitrogens is 4. The standard InChI is InChI=1S/C23H31N6O8PS2/c1-4-36-38(34,37-5-2)12-17(40-22-25-27-28-26-22)15-13-39-21-23(35-3,20(33)29(21)18(15)19(31)32)24-11-16(30)14-9-7-6-8-10-14/h6-10,16-17,21,24,30H,4-5,11-13H2,1-3H3,(H,31,32)(H,25,26,27,28)/t16?,17?,21-,23+/m0/s1. The van der Waals surface area contributed by atoms with E-state index in [1.807, 2.05) is 6.07 Å². The van der Waals surface area contributed by atoms with Crippen molar-refractivity contribution in [2.75, 3.05) is 38.8 Å². The Bertz CT molecular complexity index is 1260. The summed E-state index contributed by atoms with van der Waals surface area (Å²) in [6, 6.07) is 8.94. The van der Waals surface area contributed by atoms with Gasteiger partial charge in [0.05, 0.1) is 25.5 Å². The highest BCUT2D eigenvalue weighted by atomic mass is 32.2. The Labute approximate surface area is 239 Å². The number of aliphatic hydroxyl groups is 1. The van der Waals surface area contributed by atoms with E-state index in [2.05, 4.69) is 25.9 Å². The van der Waals surface area contributed by atoms with Crippen LogP contribution in [0.15, 0.2) is 46.8 Å². The molecule has 3 heterocycles. The molecule has 1 amide bonds. The summed E-state index contributed by atoms with van der Waals surface area (Å²) in [5.74, 6) is -1.78. The van der Waals surface area contributed by atoms with Gasteiger partial charge in [0.15, 0.2) is 0 Å². The first-order valence-corrected chi connectivity index (χ1v) is 16.1. The van der Waals surface area contributed by atoms with Crippen molar-refractivity contribution in [2.45, 2.75) is 41.5 Å². The second-order valence-electron chi connectivity index (χ2n) is 8.71. The Morgan fingerprint density at radius 2 is 2.02 bits per heavy atom. The van der Waals surface area contributed by atoms with Crippen molar-refractivity contribution < 1.29 is 38.2 Å². The first kappa shape index (κ1) is 30.7. The molecule has 1 saturated heterocycles. The molecule has 4 N–H and O–H groups in total. The van der Waals surface area contributed by atoms with E-state index < -0.39 is 41.9 Å². The number of benzene rings is 1. The van der Waals surface area contributed by atoms with E-state index in [0.29, 0.717) is 11.1 Å². The molecule has 0 radical (unpaired) electrons. The molecule has 17 heteroatoms. The molecular formula is C23H31N6O8PS2. The predicted molar refractivity (Wildman–Crippen MR) is 146 cm³/mol. The van der Waals surface area contributed by atoms with Crippen LogP contribution in [-0.4, -0.2) is 103 Å². The average Bonchev–Trinajstić information content (AvgIpc) is 3.46. The van der Waals surface area contributed by atoms with Gasteiger partial charge in [-0.05, 0) is 35.4 Å². The van der Waals surface area contributed by atoms with Crippen LogP contribution in [0.1, 0.15) is 25.5 Å². The SMILES string of the molecule is CCOP(=O)(CC(Sc1nnn[nH]1)C1=C(C(=O)O)N2C(=O)[C@@](NCC(O)c3ccccc3)(OC)[C@@H]2SC1)OCC. The van der Waals surface area contributed by atoms with Crippen LogP contribution < -0.4 is 5.32 Å². The van der Waals surface area contributed by atoms with Crippen molar-refractivity contribution in [2.24, 2.45) is 0 Å². The molecule has 1 fully saturated rings. The maximum absolute atomic E-state index is 13.6. The van der Waals surface area contributed by atoms with Crippen molar-refractivity contribution in [3.8, 4) is 0 Å². The Morgan fingerprint density at radius 3 is 2.60 bits per heavy atom. The molecule has 2 aliphatic rings. The first-order chi connectivity index (χ1) is 19.2. The number of hydrogen-bond acceptors (Lipinski definition) is 13. The second kappa shape index (κ2) is 13.1. The monoisotopic (exact) mass is 614 g/mol. The van der Waals surface area contributed by atoms with Crippen LogP contribution in [0.4, 0.5) is 0 Å². The molecule has 2 aliphatic heterocycles. The summed E-state index contributed by atoms with van der Waals surface area (Å²) in [6.07, 6.45) is -1.09. The number of rotatable bonds is 15. The minimum absolute atomic E-state index is 0.00364. The normalized spacial score (nSPS) is 22.6. The van der Waals surface area contributed by atoms with E-state index in [-0.39, 0.29) is 42.5 Å².